The second kappa shape index (κ2) is 9.41. The SMILES string of the molecule is COc1ccc(CN(Cc2ccccc2)C(=O)Nc2ccc(C(=O)O)cc2)cc1. The monoisotopic (exact) mass is 390 g/mol. The Labute approximate surface area is 169 Å². The highest BCUT2D eigenvalue weighted by Gasteiger charge is 2.15. The molecule has 3 aromatic carbocycles. The lowest BCUT2D eigenvalue weighted by Gasteiger charge is -2.23. The van der Waals surface area contributed by atoms with Crippen molar-refractivity contribution in [1.29, 1.82) is 0 Å². The minimum absolute atomic E-state index is 0.169. The largest absolute Gasteiger partial charge is 0.497 e. The van der Waals surface area contributed by atoms with E-state index in [0.717, 1.165) is 16.9 Å². The maximum Gasteiger partial charge on any atom is 0.335 e. The average molecular weight is 390 g/mol. The van der Waals surface area contributed by atoms with Crippen molar-refractivity contribution in [2.45, 2.75) is 13.1 Å². The summed E-state index contributed by atoms with van der Waals surface area (Å²) in [5.41, 5.74) is 2.69. The van der Waals surface area contributed by atoms with Gasteiger partial charge < -0.3 is 20.1 Å². The van der Waals surface area contributed by atoms with E-state index in [1.807, 2.05) is 54.6 Å². The number of nitrogens with zero attached hydrogens (tertiary/aromatic N) is 1. The number of carboxylic acids is 1. The Morgan fingerprint density at radius 1 is 0.862 bits per heavy atom. The van der Waals surface area contributed by atoms with Gasteiger partial charge in [-0.2, -0.15) is 0 Å². The summed E-state index contributed by atoms with van der Waals surface area (Å²) in [6.45, 7) is 0.851. The predicted octanol–water partition coefficient (Wildman–Crippen LogP) is 4.63. The van der Waals surface area contributed by atoms with Crippen molar-refractivity contribution in [2.75, 3.05) is 12.4 Å². The number of carbonyl (C=O) groups excluding carboxylic acids is 1. The van der Waals surface area contributed by atoms with E-state index in [1.165, 1.54) is 12.1 Å². The first-order valence-corrected chi connectivity index (χ1v) is 9.11. The maximum atomic E-state index is 12.9. The first-order chi connectivity index (χ1) is 14.0. The normalized spacial score (nSPS) is 10.2. The zero-order valence-corrected chi connectivity index (χ0v) is 16.0. The number of methoxy groups -OCH3 is 1. The van der Waals surface area contributed by atoms with Crippen molar-refractivity contribution in [2.24, 2.45) is 0 Å². The van der Waals surface area contributed by atoms with Crippen LogP contribution in [0.15, 0.2) is 78.9 Å². The van der Waals surface area contributed by atoms with Crippen molar-refractivity contribution in [3.8, 4) is 5.75 Å². The molecule has 6 heteroatoms. The summed E-state index contributed by atoms with van der Waals surface area (Å²) in [5, 5.41) is 11.8. The highest BCUT2D eigenvalue weighted by Crippen LogP contribution is 2.17. The molecule has 3 rings (SSSR count). The fraction of sp³-hybridized carbons (Fsp3) is 0.130. The number of carbonyl (C=O) groups is 2. The van der Waals surface area contributed by atoms with Gasteiger partial charge in [-0.1, -0.05) is 42.5 Å². The zero-order chi connectivity index (χ0) is 20.6. The van der Waals surface area contributed by atoms with Gasteiger partial charge in [0.05, 0.1) is 12.7 Å². The van der Waals surface area contributed by atoms with Crippen LogP contribution in [0.5, 0.6) is 5.75 Å². The van der Waals surface area contributed by atoms with Gasteiger partial charge in [-0.05, 0) is 47.5 Å². The summed E-state index contributed by atoms with van der Waals surface area (Å²) in [4.78, 5) is 25.6. The van der Waals surface area contributed by atoms with Crippen molar-refractivity contribution in [3.05, 3.63) is 95.6 Å². The smallest absolute Gasteiger partial charge is 0.335 e. The minimum atomic E-state index is -1.01. The molecule has 2 N–H and O–H groups in total. The van der Waals surface area contributed by atoms with Crippen LogP contribution >= 0.6 is 0 Å². The van der Waals surface area contributed by atoms with Gasteiger partial charge >= 0.3 is 12.0 Å². The summed E-state index contributed by atoms with van der Waals surface area (Å²) in [6, 6.07) is 23.1. The van der Waals surface area contributed by atoms with Gasteiger partial charge in [0.2, 0.25) is 0 Å². The standard InChI is InChI=1S/C23H22N2O4/c1-29-21-13-7-18(8-14-21)16-25(15-17-5-3-2-4-6-17)23(28)24-20-11-9-19(10-12-20)22(26)27/h2-14H,15-16H2,1H3,(H,24,28)(H,26,27). The Bertz CT molecular complexity index is 954. The lowest BCUT2D eigenvalue weighted by molar-refractivity contribution is 0.0697. The fourth-order valence-corrected chi connectivity index (χ4v) is 2.85. The third-order valence-electron chi connectivity index (χ3n) is 4.42. The van der Waals surface area contributed by atoms with Crippen LogP contribution in [0.1, 0.15) is 21.5 Å². The number of hydrogen-bond donors (Lipinski definition) is 2. The summed E-state index contributed by atoms with van der Waals surface area (Å²) < 4.78 is 5.19. The Morgan fingerprint density at radius 2 is 1.45 bits per heavy atom. The molecular weight excluding hydrogens is 368 g/mol. The van der Waals surface area contributed by atoms with Crippen molar-refractivity contribution >= 4 is 17.7 Å². The van der Waals surface area contributed by atoms with Crippen LogP contribution in [-0.4, -0.2) is 29.1 Å². The molecule has 0 unspecified atom stereocenters. The number of ether oxygens (including phenoxy) is 1. The van der Waals surface area contributed by atoms with Crippen LogP contribution < -0.4 is 10.1 Å². The van der Waals surface area contributed by atoms with Crippen molar-refractivity contribution < 1.29 is 19.4 Å². The van der Waals surface area contributed by atoms with Gasteiger partial charge in [0.1, 0.15) is 5.75 Å². The molecular formula is C23H22N2O4. The second-order valence-corrected chi connectivity index (χ2v) is 6.50. The van der Waals surface area contributed by atoms with Crippen LogP contribution in [0.25, 0.3) is 0 Å². The average Bonchev–Trinajstić information content (AvgIpc) is 2.75. The molecule has 0 aliphatic rings. The zero-order valence-electron chi connectivity index (χ0n) is 16.0. The predicted molar refractivity (Wildman–Crippen MR) is 111 cm³/mol. The minimum Gasteiger partial charge on any atom is -0.497 e. The first-order valence-electron chi connectivity index (χ1n) is 9.11. The molecule has 2 amide bonds. The fourth-order valence-electron chi connectivity index (χ4n) is 2.85. The molecule has 0 saturated heterocycles. The summed E-state index contributed by atoms with van der Waals surface area (Å²) in [5.74, 6) is -0.251. The molecule has 0 heterocycles. The molecule has 0 saturated carbocycles. The van der Waals surface area contributed by atoms with Gasteiger partial charge in [0.25, 0.3) is 0 Å². The van der Waals surface area contributed by atoms with Gasteiger partial charge in [0, 0.05) is 18.8 Å². The van der Waals surface area contributed by atoms with Gasteiger partial charge in [-0.3, -0.25) is 0 Å². The summed E-state index contributed by atoms with van der Waals surface area (Å²) in [7, 11) is 1.61. The number of hydrogen-bond acceptors (Lipinski definition) is 3. The Morgan fingerprint density at radius 3 is 2.00 bits per heavy atom. The number of anilines is 1. The van der Waals surface area contributed by atoms with Crippen LogP contribution in [0.3, 0.4) is 0 Å². The van der Waals surface area contributed by atoms with E-state index in [4.69, 9.17) is 9.84 Å². The molecule has 0 spiro atoms. The van der Waals surface area contributed by atoms with E-state index in [1.54, 1.807) is 24.1 Å². The Kier molecular flexibility index (Phi) is 6.47. The van der Waals surface area contributed by atoms with E-state index in [9.17, 15) is 9.59 Å². The number of rotatable bonds is 7. The number of nitrogens with one attached hydrogen (secondary N) is 1. The van der Waals surface area contributed by atoms with Crippen LogP contribution in [0, 0.1) is 0 Å². The molecule has 0 aliphatic carbocycles. The highest BCUT2D eigenvalue weighted by molar-refractivity contribution is 5.91. The van der Waals surface area contributed by atoms with E-state index in [2.05, 4.69) is 5.32 Å². The molecule has 3 aromatic rings. The first kappa shape index (κ1) is 19.9. The number of carboxylic acid groups (broad SMARTS) is 1. The molecule has 148 valence electrons. The number of aromatic carboxylic acids is 1. The number of amides is 2. The Hall–Kier alpha value is -3.80. The quantitative estimate of drug-likeness (QED) is 0.617. The van der Waals surface area contributed by atoms with Crippen molar-refractivity contribution in [3.63, 3.8) is 0 Å². The molecule has 0 radical (unpaired) electrons. The molecule has 0 bridgehead atoms. The maximum absolute atomic E-state index is 12.9. The highest BCUT2D eigenvalue weighted by atomic mass is 16.5. The van der Waals surface area contributed by atoms with Gasteiger partial charge in [-0.25, -0.2) is 9.59 Å². The Balaban J connectivity index is 1.76. The van der Waals surface area contributed by atoms with Gasteiger partial charge in [-0.15, -0.1) is 0 Å². The van der Waals surface area contributed by atoms with E-state index >= 15 is 0 Å². The summed E-state index contributed by atoms with van der Waals surface area (Å²) >= 11 is 0. The van der Waals surface area contributed by atoms with Crippen LogP contribution in [0.4, 0.5) is 10.5 Å². The van der Waals surface area contributed by atoms with Crippen molar-refractivity contribution in [1.82, 2.24) is 4.90 Å². The lowest BCUT2D eigenvalue weighted by atomic mass is 10.1. The second-order valence-electron chi connectivity index (χ2n) is 6.50. The third kappa shape index (κ3) is 5.59. The molecule has 0 aromatic heterocycles. The topological polar surface area (TPSA) is 78.9 Å². The van der Waals surface area contributed by atoms with Crippen LogP contribution in [0.2, 0.25) is 0 Å². The lowest BCUT2D eigenvalue weighted by Crippen LogP contribution is -2.34. The molecule has 6 nitrogen and oxygen atoms in total. The number of urea groups is 1. The van der Waals surface area contributed by atoms with E-state index < -0.39 is 5.97 Å². The summed E-state index contributed by atoms with van der Waals surface area (Å²) in [6.07, 6.45) is 0. The van der Waals surface area contributed by atoms with Gasteiger partial charge in [0.15, 0.2) is 0 Å². The molecule has 0 fully saturated rings. The number of benzene rings is 3. The molecule has 0 atom stereocenters. The molecule has 0 aliphatic heterocycles. The van der Waals surface area contributed by atoms with E-state index in [-0.39, 0.29) is 11.6 Å². The van der Waals surface area contributed by atoms with E-state index in [0.29, 0.717) is 18.8 Å². The molecule has 29 heavy (non-hydrogen) atoms. The third-order valence-corrected chi connectivity index (χ3v) is 4.42. The van der Waals surface area contributed by atoms with Crippen LogP contribution in [-0.2, 0) is 13.1 Å².